The van der Waals surface area contributed by atoms with Crippen LogP contribution < -0.4 is 5.32 Å². The summed E-state index contributed by atoms with van der Waals surface area (Å²) in [6, 6.07) is 5.76. The minimum Gasteiger partial charge on any atom is -0.392 e. The van der Waals surface area contributed by atoms with E-state index in [-0.39, 0.29) is 18.4 Å². The Morgan fingerprint density at radius 3 is 3.00 bits per heavy atom. The molecule has 7 nitrogen and oxygen atoms in total. The number of aliphatic hydroxyl groups is 1. The standard InChI is InChI=1S/C19H17N5O2/c25-10-15-13-5-6-20-18(13)21-7-14(15)12-3-4-17-22-16(9-24(17)8-12)23-19(26)11-1-2-11/h3-9,11,25H,1-2,10H2,(H,20,21)(H,23,26). The maximum Gasteiger partial charge on any atom is 0.228 e. The van der Waals surface area contributed by atoms with Gasteiger partial charge in [0.1, 0.15) is 11.3 Å². The number of aliphatic hydroxyl groups excluding tert-OH is 1. The molecule has 0 bridgehead atoms. The van der Waals surface area contributed by atoms with Gasteiger partial charge >= 0.3 is 0 Å². The van der Waals surface area contributed by atoms with E-state index in [1.807, 2.05) is 35.0 Å². The zero-order valence-corrected chi connectivity index (χ0v) is 13.9. The molecule has 1 fully saturated rings. The molecule has 5 rings (SSSR count). The Labute approximate surface area is 148 Å². The second-order valence-electron chi connectivity index (χ2n) is 6.62. The maximum absolute atomic E-state index is 11.9. The number of rotatable bonds is 4. The van der Waals surface area contributed by atoms with Crippen molar-refractivity contribution in [1.82, 2.24) is 19.4 Å². The Morgan fingerprint density at radius 1 is 1.31 bits per heavy atom. The summed E-state index contributed by atoms with van der Waals surface area (Å²) in [5.41, 5.74) is 4.14. The third-order valence-electron chi connectivity index (χ3n) is 4.82. The van der Waals surface area contributed by atoms with Gasteiger partial charge in [-0.15, -0.1) is 0 Å². The molecular formula is C19H17N5O2. The first-order valence-corrected chi connectivity index (χ1v) is 8.59. The molecule has 4 aromatic heterocycles. The number of hydrogen-bond acceptors (Lipinski definition) is 4. The Morgan fingerprint density at radius 2 is 2.19 bits per heavy atom. The van der Waals surface area contributed by atoms with Gasteiger partial charge in [0, 0.05) is 41.0 Å². The predicted molar refractivity (Wildman–Crippen MR) is 97.6 cm³/mol. The highest BCUT2D eigenvalue weighted by Crippen LogP contribution is 2.31. The quantitative estimate of drug-likeness (QED) is 0.529. The lowest BCUT2D eigenvalue weighted by Gasteiger charge is -2.09. The molecule has 1 amide bonds. The van der Waals surface area contributed by atoms with Gasteiger partial charge in [-0.1, -0.05) is 0 Å². The van der Waals surface area contributed by atoms with Crippen LogP contribution >= 0.6 is 0 Å². The van der Waals surface area contributed by atoms with Gasteiger partial charge in [0.2, 0.25) is 5.91 Å². The van der Waals surface area contributed by atoms with Gasteiger partial charge < -0.3 is 19.8 Å². The number of aromatic amines is 1. The van der Waals surface area contributed by atoms with Gasteiger partial charge in [0.25, 0.3) is 0 Å². The van der Waals surface area contributed by atoms with Crippen LogP contribution in [0.2, 0.25) is 0 Å². The molecule has 0 aromatic carbocycles. The third-order valence-corrected chi connectivity index (χ3v) is 4.82. The first kappa shape index (κ1) is 15.1. The molecule has 1 aliphatic rings. The monoisotopic (exact) mass is 347 g/mol. The van der Waals surface area contributed by atoms with Crippen molar-refractivity contribution in [3.8, 4) is 11.1 Å². The van der Waals surface area contributed by atoms with Crippen LogP contribution in [-0.4, -0.2) is 30.4 Å². The lowest BCUT2D eigenvalue weighted by Crippen LogP contribution is -2.13. The van der Waals surface area contributed by atoms with Crippen LogP contribution in [0.3, 0.4) is 0 Å². The highest BCUT2D eigenvalue weighted by Gasteiger charge is 2.30. The van der Waals surface area contributed by atoms with Crippen molar-refractivity contribution < 1.29 is 9.90 Å². The first-order chi connectivity index (χ1) is 12.7. The number of imidazole rings is 1. The van der Waals surface area contributed by atoms with E-state index in [4.69, 9.17) is 0 Å². The second kappa shape index (κ2) is 5.67. The molecule has 7 heteroatoms. The number of H-pyrrole nitrogens is 1. The maximum atomic E-state index is 11.9. The summed E-state index contributed by atoms with van der Waals surface area (Å²) < 4.78 is 1.88. The summed E-state index contributed by atoms with van der Waals surface area (Å²) >= 11 is 0. The van der Waals surface area contributed by atoms with E-state index < -0.39 is 0 Å². The molecular weight excluding hydrogens is 330 g/mol. The van der Waals surface area contributed by atoms with Crippen molar-refractivity contribution in [3.63, 3.8) is 0 Å². The lowest BCUT2D eigenvalue weighted by molar-refractivity contribution is -0.117. The molecule has 0 atom stereocenters. The van der Waals surface area contributed by atoms with Crippen molar-refractivity contribution in [2.45, 2.75) is 19.4 Å². The van der Waals surface area contributed by atoms with Gasteiger partial charge in [-0.05, 0) is 36.6 Å². The predicted octanol–water partition coefficient (Wildman–Crippen LogP) is 2.72. The van der Waals surface area contributed by atoms with E-state index in [1.165, 1.54) is 0 Å². The van der Waals surface area contributed by atoms with Crippen LogP contribution in [0.1, 0.15) is 18.4 Å². The van der Waals surface area contributed by atoms with E-state index in [9.17, 15) is 9.90 Å². The minimum absolute atomic E-state index is 0.0401. The number of aromatic nitrogens is 4. The van der Waals surface area contributed by atoms with E-state index in [1.54, 1.807) is 12.4 Å². The summed E-state index contributed by atoms with van der Waals surface area (Å²) in [6.45, 7) is -0.0726. The summed E-state index contributed by atoms with van der Waals surface area (Å²) in [4.78, 5) is 23.9. The van der Waals surface area contributed by atoms with Crippen LogP contribution in [0.25, 0.3) is 27.8 Å². The minimum atomic E-state index is -0.0726. The van der Waals surface area contributed by atoms with E-state index in [0.717, 1.165) is 46.2 Å². The van der Waals surface area contributed by atoms with Crippen molar-refractivity contribution in [1.29, 1.82) is 0 Å². The van der Waals surface area contributed by atoms with E-state index >= 15 is 0 Å². The second-order valence-corrected chi connectivity index (χ2v) is 6.62. The molecule has 0 saturated heterocycles. The number of anilines is 1. The molecule has 4 aromatic rings. The molecule has 130 valence electrons. The zero-order chi connectivity index (χ0) is 17.7. The van der Waals surface area contributed by atoms with Crippen molar-refractivity contribution in [3.05, 3.63) is 48.5 Å². The molecule has 1 aliphatic carbocycles. The molecule has 3 N–H and O–H groups in total. The van der Waals surface area contributed by atoms with Gasteiger partial charge in [0.15, 0.2) is 5.82 Å². The van der Waals surface area contributed by atoms with Crippen LogP contribution in [0, 0.1) is 5.92 Å². The fraction of sp³-hybridized carbons (Fsp3) is 0.211. The van der Waals surface area contributed by atoms with E-state index in [2.05, 4.69) is 20.3 Å². The summed E-state index contributed by atoms with van der Waals surface area (Å²) in [7, 11) is 0. The fourth-order valence-electron chi connectivity index (χ4n) is 3.27. The van der Waals surface area contributed by atoms with Crippen molar-refractivity contribution in [2.75, 3.05) is 5.32 Å². The normalized spacial score (nSPS) is 14.2. The molecule has 4 heterocycles. The van der Waals surface area contributed by atoms with Crippen LogP contribution in [-0.2, 0) is 11.4 Å². The van der Waals surface area contributed by atoms with Gasteiger partial charge in [-0.3, -0.25) is 4.79 Å². The Balaban J connectivity index is 1.56. The molecule has 1 saturated carbocycles. The number of nitrogens with one attached hydrogen (secondary N) is 2. The first-order valence-electron chi connectivity index (χ1n) is 8.59. The van der Waals surface area contributed by atoms with Crippen LogP contribution in [0.4, 0.5) is 5.82 Å². The summed E-state index contributed by atoms with van der Waals surface area (Å²) in [6.07, 6.45) is 9.24. The van der Waals surface area contributed by atoms with Crippen LogP contribution in [0.15, 0.2) is 43.0 Å². The number of fused-ring (bicyclic) bond motifs is 2. The van der Waals surface area contributed by atoms with Crippen LogP contribution in [0.5, 0.6) is 0 Å². The largest absolute Gasteiger partial charge is 0.392 e. The Hall–Kier alpha value is -3.19. The number of hydrogen-bond donors (Lipinski definition) is 3. The molecule has 26 heavy (non-hydrogen) atoms. The SMILES string of the molecule is O=C(Nc1cn2cc(-c3cnc4[nH]ccc4c3CO)ccc2n1)C1CC1. The highest BCUT2D eigenvalue weighted by molar-refractivity contribution is 5.93. The molecule has 0 spiro atoms. The van der Waals surface area contributed by atoms with E-state index in [0.29, 0.717) is 5.82 Å². The molecule has 0 aliphatic heterocycles. The topological polar surface area (TPSA) is 95.3 Å². The summed E-state index contributed by atoms with van der Waals surface area (Å²) in [5, 5.41) is 13.6. The van der Waals surface area contributed by atoms with Crippen molar-refractivity contribution >= 4 is 28.4 Å². The number of nitrogens with zero attached hydrogens (tertiary/aromatic N) is 3. The van der Waals surface area contributed by atoms with Gasteiger partial charge in [0.05, 0.1) is 12.8 Å². The van der Waals surface area contributed by atoms with Gasteiger partial charge in [-0.25, -0.2) is 9.97 Å². The summed E-state index contributed by atoms with van der Waals surface area (Å²) in [5.74, 6) is 0.737. The molecule has 0 unspecified atom stereocenters. The highest BCUT2D eigenvalue weighted by atomic mass is 16.3. The lowest BCUT2D eigenvalue weighted by atomic mass is 10.0. The number of carbonyl (C=O) groups excluding carboxylic acids is 1. The number of amides is 1. The Bertz CT molecular complexity index is 1140. The molecule has 0 radical (unpaired) electrons. The smallest absolute Gasteiger partial charge is 0.228 e. The Kier molecular flexibility index (Phi) is 3.29. The average Bonchev–Trinajstić information content (AvgIpc) is 3.26. The number of pyridine rings is 2. The zero-order valence-electron chi connectivity index (χ0n) is 13.9. The van der Waals surface area contributed by atoms with Gasteiger partial charge in [-0.2, -0.15) is 0 Å². The fourth-order valence-corrected chi connectivity index (χ4v) is 3.27. The number of carbonyl (C=O) groups is 1. The average molecular weight is 347 g/mol. The van der Waals surface area contributed by atoms with Crippen molar-refractivity contribution in [2.24, 2.45) is 5.92 Å². The third kappa shape index (κ3) is 2.44.